The molecular formula is C105H76N2O2. The van der Waals surface area contributed by atoms with E-state index in [0.717, 1.165) is 134 Å². The van der Waals surface area contributed by atoms with Crippen LogP contribution in [0.2, 0.25) is 0 Å². The highest BCUT2D eigenvalue weighted by Crippen LogP contribution is 2.45. The summed E-state index contributed by atoms with van der Waals surface area (Å²) < 4.78 is 13.4. The van der Waals surface area contributed by atoms with E-state index < -0.39 is 0 Å². The topological polar surface area (TPSA) is 32.8 Å². The predicted molar refractivity (Wildman–Crippen MR) is 460 cm³/mol. The lowest BCUT2D eigenvalue weighted by molar-refractivity contribution is 0.670. The first-order valence-electron chi connectivity index (χ1n) is 37.3. The second kappa shape index (κ2) is 29.5. The van der Waals surface area contributed by atoms with Gasteiger partial charge in [-0.05, 0) is 183 Å². The number of fused-ring (bicyclic) bond motifs is 6. The van der Waals surface area contributed by atoms with Gasteiger partial charge in [-0.15, -0.1) is 0 Å². The highest BCUT2D eigenvalue weighted by atomic mass is 16.3. The van der Waals surface area contributed by atoms with E-state index in [1.807, 2.05) is 12.1 Å². The van der Waals surface area contributed by atoms with Crippen molar-refractivity contribution in [3.63, 3.8) is 0 Å². The molecule has 0 aliphatic rings. The minimum Gasteiger partial charge on any atom is -0.455 e. The highest BCUT2D eigenvalue weighted by Gasteiger charge is 2.21. The van der Waals surface area contributed by atoms with Gasteiger partial charge < -0.3 is 18.6 Å². The van der Waals surface area contributed by atoms with Gasteiger partial charge in [0.05, 0.1) is 0 Å². The second-order valence-electron chi connectivity index (χ2n) is 28.2. The number of hydrogen-bond acceptors (Lipinski definition) is 4. The van der Waals surface area contributed by atoms with E-state index in [1.165, 1.54) is 61.2 Å². The number of nitrogens with zero attached hydrogens (tertiary/aromatic N) is 2. The summed E-state index contributed by atoms with van der Waals surface area (Å²) in [5, 5.41) is 4.53. The molecule has 19 aromatic rings. The largest absolute Gasteiger partial charge is 0.455 e. The molecule has 0 aliphatic carbocycles. The van der Waals surface area contributed by atoms with Crippen LogP contribution >= 0.6 is 0 Å². The van der Waals surface area contributed by atoms with Gasteiger partial charge in [0.1, 0.15) is 22.3 Å². The molecule has 0 atom stereocenters. The van der Waals surface area contributed by atoms with Crippen LogP contribution in [0.3, 0.4) is 0 Å². The lowest BCUT2D eigenvalue weighted by atomic mass is 9.98. The van der Waals surface area contributed by atoms with Crippen LogP contribution in [0.5, 0.6) is 0 Å². The van der Waals surface area contributed by atoms with Gasteiger partial charge in [0, 0.05) is 77.9 Å². The first-order valence-corrected chi connectivity index (χ1v) is 37.3. The third-order valence-corrected chi connectivity index (χ3v) is 21.0. The SMILES string of the molecule is Cc1cc(C)cc(N(c2ccc(-c3ccccc3)cc2)c2ccc(-c3ccc(-c4cccc5c4oc4c(-c6ccccc6)cccc45)cc3)cc2)c1.Cc1ccc(-c2ccc(N(c3ccc(-c4ccccc4)cc3)c3ccc(-c4ccc(-c5cccc6c5oc5c(-c7ccccc7)cccc56)cc4)cc3)cc2)cc1. The summed E-state index contributed by atoms with van der Waals surface area (Å²) in [6.45, 7) is 6.45. The Labute approximate surface area is 636 Å². The fraction of sp³-hybridized carbons (Fsp3) is 0.0286. The molecule has 4 nitrogen and oxygen atoms in total. The number of rotatable bonds is 15. The highest BCUT2D eigenvalue weighted by molar-refractivity contribution is 6.14. The van der Waals surface area contributed by atoms with Crippen molar-refractivity contribution >= 4 is 78.0 Å². The van der Waals surface area contributed by atoms with Crippen LogP contribution in [-0.4, -0.2) is 0 Å². The number of furan rings is 2. The number of para-hydroxylation sites is 4. The Morgan fingerprint density at radius 3 is 0.624 bits per heavy atom. The minimum atomic E-state index is 0.914. The van der Waals surface area contributed by atoms with E-state index in [1.54, 1.807) is 0 Å². The Morgan fingerprint density at radius 2 is 0.358 bits per heavy atom. The minimum absolute atomic E-state index is 0.914. The van der Waals surface area contributed by atoms with Gasteiger partial charge in [-0.25, -0.2) is 0 Å². The Kier molecular flexibility index (Phi) is 18.1. The van der Waals surface area contributed by atoms with Crippen molar-refractivity contribution in [2.75, 3.05) is 9.80 Å². The molecule has 0 saturated carbocycles. The van der Waals surface area contributed by atoms with Gasteiger partial charge in [-0.1, -0.05) is 339 Å². The maximum Gasteiger partial charge on any atom is 0.143 e. The van der Waals surface area contributed by atoms with Gasteiger partial charge in [-0.3, -0.25) is 0 Å². The van der Waals surface area contributed by atoms with Crippen molar-refractivity contribution < 1.29 is 8.83 Å². The average Bonchev–Trinajstić information content (AvgIpc) is 1.64. The molecule has 0 N–H and O–H groups in total. The number of benzene rings is 17. The normalized spacial score (nSPS) is 11.3. The van der Waals surface area contributed by atoms with E-state index in [9.17, 15) is 0 Å². The Morgan fingerprint density at radius 1 is 0.156 bits per heavy atom. The molecule has 0 fully saturated rings. The Hall–Kier alpha value is -14.1. The predicted octanol–water partition coefficient (Wildman–Crippen LogP) is 30.0. The van der Waals surface area contributed by atoms with Crippen molar-refractivity contribution in [2.45, 2.75) is 20.8 Å². The van der Waals surface area contributed by atoms with Crippen LogP contribution in [0.15, 0.2) is 415 Å². The van der Waals surface area contributed by atoms with Crippen LogP contribution in [0.4, 0.5) is 34.1 Å². The smallest absolute Gasteiger partial charge is 0.143 e. The van der Waals surface area contributed by atoms with Crippen molar-refractivity contribution in [2.24, 2.45) is 0 Å². The summed E-state index contributed by atoms with van der Waals surface area (Å²) in [5.74, 6) is 0. The molecule has 4 heteroatoms. The zero-order valence-electron chi connectivity index (χ0n) is 60.9. The maximum absolute atomic E-state index is 6.70. The van der Waals surface area contributed by atoms with E-state index >= 15 is 0 Å². The Balaban J connectivity index is 0.000000154. The van der Waals surface area contributed by atoms with E-state index in [2.05, 4.69) is 425 Å². The molecule has 0 amide bonds. The molecule has 2 heterocycles. The Bertz CT molecular complexity index is 6370. The quantitative estimate of drug-likeness (QED) is 0.102. The maximum atomic E-state index is 6.70. The molecule has 0 aliphatic heterocycles. The summed E-state index contributed by atoms with van der Waals surface area (Å²) in [7, 11) is 0. The number of anilines is 6. The monoisotopic (exact) mass is 1400 g/mol. The molecule has 0 radical (unpaired) electrons. The number of hydrogen-bond donors (Lipinski definition) is 0. The van der Waals surface area contributed by atoms with Crippen LogP contribution < -0.4 is 9.80 Å². The lowest BCUT2D eigenvalue weighted by Crippen LogP contribution is -2.10. The fourth-order valence-corrected chi connectivity index (χ4v) is 15.5. The van der Waals surface area contributed by atoms with Gasteiger partial charge in [0.15, 0.2) is 0 Å². The second-order valence-corrected chi connectivity index (χ2v) is 28.2. The molecule has 518 valence electrons. The summed E-state index contributed by atoms with van der Waals surface area (Å²) in [6, 6.07) is 145. The van der Waals surface area contributed by atoms with Crippen molar-refractivity contribution in [3.05, 3.63) is 423 Å². The molecule has 17 aromatic carbocycles. The van der Waals surface area contributed by atoms with Crippen molar-refractivity contribution in [3.8, 4) is 100 Å². The zero-order chi connectivity index (χ0) is 73.2. The van der Waals surface area contributed by atoms with Crippen LogP contribution in [0.25, 0.3) is 144 Å². The summed E-state index contributed by atoms with van der Waals surface area (Å²) in [6.07, 6.45) is 0. The van der Waals surface area contributed by atoms with Gasteiger partial charge in [0.2, 0.25) is 0 Å². The molecule has 0 unspecified atom stereocenters. The van der Waals surface area contributed by atoms with E-state index in [0.29, 0.717) is 0 Å². The number of aryl methyl sites for hydroxylation is 3. The first-order chi connectivity index (χ1) is 53.7. The van der Waals surface area contributed by atoms with Crippen LogP contribution in [-0.2, 0) is 0 Å². The molecular weight excluding hydrogens is 1320 g/mol. The molecule has 0 spiro atoms. The van der Waals surface area contributed by atoms with E-state index in [4.69, 9.17) is 8.83 Å². The molecule has 19 rings (SSSR count). The van der Waals surface area contributed by atoms with E-state index in [-0.39, 0.29) is 0 Å². The molecule has 2 aromatic heterocycles. The molecule has 0 saturated heterocycles. The summed E-state index contributed by atoms with van der Waals surface area (Å²) in [5.41, 5.74) is 35.0. The van der Waals surface area contributed by atoms with Gasteiger partial charge >= 0.3 is 0 Å². The zero-order valence-corrected chi connectivity index (χ0v) is 60.9. The summed E-state index contributed by atoms with van der Waals surface area (Å²) >= 11 is 0. The first kappa shape index (κ1) is 66.9. The fourth-order valence-electron chi connectivity index (χ4n) is 15.5. The standard InChI is InChI=1S/C55H39NO.C50H37NO/c1-38-18-20-40(21-19-38)43-28-34-48(35-29-43)56(47-32-26-42(27-33-47)39-10-4-2-5-11-39)49-36-30-44(31-37-49)41-22-24-46(25-23-41)51-15-9-17-53-52-16-8-14-50(54(52)57-55(51)53)45-12-6-3-7-13-45;1-34-31-35(2)33-44(32-34)51(42-27-23-38(24-28-42)36-11-5-3-6-12-36)43-29-25-39(26-30-43)37-19-21-41(22-20-37)46-16-10-18-48-47-17-9-15-45(49(47)52-50(46)48)40-13-7-4-8-14-40/h2-37H,1H3;3-33H,1-2H3. The molecule has 0 bridgehead atoms. The van der Waals surface area contributed by atoms with Crippen LogP contribution in [0.1, 0.15) is 16.7 Å². The van der Waals surface area contributed by atoms with Crippen LogP contribution in [0, 0.1) is 20.8 Å². The van der Waals surface area contributed by atoms with Crippen molar-refractivity contribution in [1.29, 1.82) is 0 Å². The third kappa shape index (κ3) is 13.6. The van der Waals surface area contributed by atoms with Gasteiger partial charge in [-0.2, -0.15) is 0 Å². The van der Waals surface area contributed by atoms with Gasteiger partial charge in [0.25, 0.3) is 0 Å². The van der Waals surface area contributed by atoms with Crippen molar-refractivity contribution in [1.82, 2.24) is 0 Å². The summed E-state index contributed by atoms with van der Waals surface area (Å²) in [4.78, 5) is 4.68. The lowest BCUT2D eigenvalue weighted by Gasteiger charge is -2.26. The average molecular weight is 1400 g/mol. The third-order valence-electron chi connectivity index (χ3n) is 21.0. The molecule has 109 heavy (non-hydrogen) atoms.